The molecule has 2 rings (SSSR count). The lowest BCUT2D eigenvalue weighted by Gasteiger charge is -2.02. The van der Waals surface area contributed by atoms with E-state index in [1.54, 1.807) is 14.0 Å². The predicted octanol–water partition coefficient (Wildman–Crippen LogP) is 1.54. The summed E-state index contributed by atoms with van der Waals surface area (Å²) in [6, 6.07) is 5.57. The third kappa shape index (κ3) is 2.52. The number of ether oxygens (including phenoxy) is 1. The maximum atomic E-state index is 11.0. The molecule has 17 heavy (non-hydrogen) atoms. The van der Waals surface area contributed by atoms with Crippen LogP contribution in [-0.4, -0.2) is 28.2 Å². The van der Waals surface area contributed by atoms with E-state index in [4.69, 9.17) is 10.5 Å². The Kier molecular flexibility index (Phi) is 3.23. The highest BCUT2D eigenvalue weighted by Gasteiger charge is 2.13. The molecule has 0 bridgehead atoms. The molecule has 1 atom stereocenters. The van der Waals surface area contributed by atoms with Crippen LogP contribution in [0.25, 0.3) is 11.0 Å². The standard InChI is InChI=1S/C11H13N3O2S/c1-6(10(12)15)17-11-13-8-4-3-7(16-2)5-9(8)14-11/h3-6H,1-2H3,(H2,12,15)(H,13,14). The number of nitrogens with zero attached hydrogens (tertiary/aromatic N) is 1. The van der Waals surface area contributed by atoms with Crippen molar-refractivity contribution in [2.75, 3.05) is 7.11 Å². The molecule has 1 unspecified atom stereocenters. The van der Waals surface area contributed by atoms with Gasteiger partial charge in [-0.2, -0.15) is 0 Å². The third-order valence-electron chi connectivity index (χ3n) is 2.36. The van der Waals surface area contributed by atoms with Crippen molar-refractivity contribution in [3.63, 3.8) is 0 Å². The van der Waals surface area contributed by atoms with Gasteiger partial charge in [0.1, 0.15) is 5.75 Å². The van der Waals surface area contributed by atoms with E-state index in [1.165, 1.54) is 11.8 Å². The molecule has 0 spiro atoms. The van der Waals surface area contributed by atoms with Gasteiger partial charge in [0.05, 0.1) is 23.4 Å². The van der Waals surface area contributed by atoms with Crippen LogP contribution < -0.4 is 10.5 Å². The number of carbonyl (C=O) groups is 1. The fourth-order valence-corrected chi connectivity index (χ4v) is 2.14. The van der Waals surface area contributed by atoms with Crippen LogP contribution in [0.1, 0.15) is 6.92 Å². The Morgan fingerprint density at radius 2 is 2.35 bits per heavy atom. The molecule has 1 heterocycles. The summed E-state index contributed by atoms with van der Waals surface area (Å²) in [5.74, 6) is 0.411. The molecule has 1 aromatic carbocycles. The summed E-state index contributed by atoms with van der Waals surface area (Å²) in [4.78, 5) is 18.4. The van der Waals surface area contributed by atoms with Gasteiger partial charge in [0.25, 0.3) is 0 Å². The van der Waals surface area contributed by atoms with Gasteiger partial charge in [-0.3, -0.25) is 4.79 Å². The molecule has 1 aromatic heterocycles. The van der Waals surface area contributed by atoms with Crippen molar-refractivity contribution in [3.05, 3.63) is 18.2 Å². The molecule has 2 aromatic rings. The number of H-pyrrole nitrogens is 1. The summed E-state index contributed by atoms with van der Waals surface area (Å²) in [6.07, 6.45) is 0. The maximum Gasteiger partial charge on any atom is 0.230 e. The van der Waals surface area contributed by atoms with E-state index in [9.17, 15) is 4.79 Å². The van der Waals surface area contributed by atoms with Gasteiger partial charge in [-0.05, 0) is 19.1 Å². The minimum Gasteiger partial charge on any atom is -0.497 e. The van der Waals surface area contributed by atoms with E-state index in [0.29, 0.717) is 5.16 Å². The highest BCUT2D eigenvalue weighted by Crippen LogP contribution is 2.25. The quantitative estimate of drug-likeness (QED) is 0.808. The normalized spacial score (nSPS) is 12.6. The smallest absolute Gasteiger partial charge is 0.230 e. The van der Waals surface area contributed by atoms with Crippen LogP contribution >= 0.6 is 11.8 Å². The number of aromatic amines is 1. The number of nitrogens with one attached hydrogen (secondary N) is 1. The Morgan fingerprint density at radius 3 is 3.00 bits per heavy atom. The van der Waals surface area contributed by atoms with Crippen LogP contribution in [0.5, 0.6) is 5.75 Å². The molecular weight excluding hydrogens is 238 g/mol. The fraction of sp³-hybridized carbons (Fsp3) is 0.273. The maximum absolute atomic E-state index is 11.0. The molecule has 0 saturated carbocycles. The van der Waals surface area contributed by atoms with E-state index in [2.05, 4.69) is 9.97 Å². The fourth-order valence-electron chi connectivity index (χ4n) is 1.37. The van der Waals surface area contributed by atoms with E-state index < -0.39 is 0 Å². The molecule has 5 nitrogen and oxygen atoms in total. The molecule has 0 aliphatic rings. The molecule has 0 radical (unpaired) electrons. The molecule has 0 saturated heterocycles. The van der Waals surface area contributed by atoms with Gasteiger partial charge in [-0.25, -0.2) is 4.98 Å². The SMILES string of the molecule is COc1ccc2nc(SC(C)C(N)=O)[nH]c2c1. The lowest BCUT2D eigenvalue weighted by Crippen LogP contribution is -2.22. The van der Waals surface area contributed by atoms with Crippen molar-refractivity contribution in [1.82, 2.24) is 9.97 Å². The Bertz CT molecular complexity index is 553. The van der Waals surface area contributed by atoms with Crippen molar-refractivity contribution < 1.29 is 9.53 Å². The van der Waals surface area contributed by atoms with Crippen LogP contribution in [-0.2, 0) is 4.79 Å². The molecule has 3 N–H and O–H groups in total. The number of rotatable bonds is 4. The first kappa shape index (κ1) is 11.8. The summed E-state index contributed by atoms with van der Waals surface area (Å²) in [7, 11) is 1.61. The number of methoxy groups -OCH3 is 1. The average molecular weight is 251 g/mol. The first-order valence-electron chi connectivity index (χ1n) is 5.10. The van der Waals surface area contributed by atoms with Gasteiger partial charge in [-0.15, -0.1) is 0 Å². The summed E-state index contributed by atoms with van der Waals surface area (Å²) in [5.41, 5.74) is 6.92. The zero-order chi connectivity index (χ0) is 12.4. The summed E-state index contributed by atoms with van der Waals surface area (Å²) < 4.78 is 5.12. The van der Waals surface area contributed by atoms with Crippen molar-refractivity contribution in [2.24, 2.45) is 5.73 Å². The van der Waals surface area contributed by atoms with E-state index in [-0.39, 0.29) is 11.2 Å². The number of imidazole rings is 1. The number of aromatic nitrogens is 2. The lowest BCUT2D eigenvalue weighted by molar-refractivity contribution is -0.117. The highest BCUT2D eigenvalue weighted by atomic mass is 32.2. The Hall–Kier alpha value is -1.69. The second-order valence-corrected chi connectivity index (χ2v) is 4.92. The second-order valence-electron chi connectivity index (χ2n) is 3.59. The number of fused-ring (bicyclic) bond motifs is 1. The summed E-state index contributed by atoms with van der Waals surface area (Å²) in [5, 5.41) is 0.372. The number of amides is 1. The molecule has 1 amide bonds. The van der Waals surface area contributed by atoms with Crippen molar-refractivity contribution in [1.29, 1.82) is 0 Å². The van der Waals surface area contributed by atoms with Crippen LogP contribution in [0.4, 0.5) is 0 Å². The Morgan fingerprint density at radius 1 is 1.59 bits per heavy atom. The van der Waals surface area contributed by atoms with Gasteiger partial charge in [0.15, 0.2) is 5.16 Å². The number of nitrogens with two attached hydrogens (primary N) is 1. The second kappa shape index (κ2) is 4.67. The van der Waals surface area contributed by atoms with Gasteiger partial charge >= 0.3 is 0 Å². The molecule has 6 heteroatoms. The monoisotopic (exact) mass is 251 g/mol. The van der Waals surface area contributed by atoms with E-state index in [0.717, 1.165) is 16.8 Å². The number of carbonyl (C=O) groups excluding carboxylic acids is 1. The van der Waals surface area contributed by atoms with Crippen LogP contribution in [0, 0.1) is 0 Å². The Labute approximate surface area is 103 Å². The minimum atomic E-state index is -0.354. The highest BCUT2D eigenvalue weighted by molar-refractivity contribution is 8.00. The molecular formula is C11H13N3O2S. The van der Waals surface area contributed by atoms with Crippen LogP contribution in [0.2, 0.25) is 0 Å². The Balaban J connectivity index is 2.28. The van der Waals surface area contributed by atoms with Gasteiger partial charge in [-0.1, -0.05) is 11.8 Å². The average Bonchev–Trinajstić information content (AvgIpc) is 2.69. The molecule has 0 fully saturated rings. The van der Waals surface area contributed by atoms with Crippen LogP contribution in [0.3, 0.4) is 0 Å². The number of thioether (sulfide) groups is 1. The molecule has 90 valence electrons. The van der Waals surface area contributed by atoms with Crippen molar-refractivity contribution >= 4 is 28.7 Å². The first-order valence-corrected chi connectivity index (χ1v) is 5.98. The predicted molar refractivity (Wildman–Crippen MR) is 67.2 cm³/mol. The minimum absolute atomic E-state index is 0.308. The van der Waals surface area contributed by atoms with Gasteiger partial charge in [0, 0.05) is 6.07 Å². The third-order valence-corrected chi connectivity index (χ3v) is 3.36. The van der Waals surface area contributed by atoms with Gasteiger partial charge in [0.2, 0.25) is 5.91 Å². The number of primary amides is 1. The van der Waals surface area contributed by atoms with Crippen molar-refractivity contribution in [2.45, 2.75) is 17.3 Å². The number of benzene rings is 1. The number of hydrogen-bond donors (Lipinski definition) is 2. The lowest BCUT2D eigenvalue weighted by atomic mass is 10.3. The molecule has 0 aliphatic carbocycles. The summed E-state index contributed by atoms with van der Waals surface area (Å²) >= 11 is 1.31. The first-order chi connectivity index (χ1) is 8.10. The number of hydrogen-bond acceptors (Lipinski definition) is 4. The van der Waals surface area contributed by atoms with E-state index in [1.807, 2.05) is 18.2 Å². The van der Waals surface area contributed by atoms with Crippen LogP contribution in [0.15, 0.2) is 23.4 Å². The van der Waals surface area contributed by atoms with Crippen molar-refractivity contribution in [3.8, 4) is 5.75 Å². The van der Waals surface area contributed by atoms with E-state index >= 15 is 0 Å². The van der Waals surface area contributed by atoms with Gasteiger partial charge < -0.3 is 15.5 Å². The largest absolute Gasteiger partial charge is 0.497 e. The molecule has 0 aliphatic heterocycles. The zero-order valence-electron chi connectivity index (χ0n) is 9.56. The topological polar surface area (TPSA) is 81.0 Å². The summed E-state index contributed by atoms with van der Waals surface area (Å²) in [6.45, 7) is 1.75. The zero-order valence-corrected chi connectivity index (χ0v) is 10.4.